The highest BCUT2D eigenvalue weighted by Crippen LogP contribution is 2.24. The van der Waals surface area contributed by atoms with E-state index in [0.717, 1.165) is 17.6 Å². The molecule has 0 bridgehead atoms. The highest BCUT2D eigenvalue weighted by Gasteiger charge is 2.34. The van der Waals surface area contributed by atoms with Crippen LogP contribution in [-0.2, 0) is 4.74 Å². The Morgan fingerprint density at radius 2 is 2.05 bits per heavy atom. The number of morpholine rings is 1. The molecule has 0 saturated carbocycles. The van der Waals surface area contributed by atoms with Crippen LogP contribution in [0.1, 0.15) is 13.8 Å². The summed E-state index contributed by atoms with van der Waals surface area (Å²) in [6.45, 7) is 5.51. The lowest BCUT2D eigenvalue weighted by Crippen LogP contribution is -2.54. The van der Waals surface area contributed by atoms with Crippen LogP contribution < -0.4 is 4.90 Å². The Kier molecular flexibility index (Phi) is 3.48. The summed E-state index contributed by atoms with van der Waals surface area (Å²) in [5.41, 5.74) is 1.38. The second-order valence-electron chi connectivity index (χ2n) is 5.63. The van der Waals surface area contributed by atoms with E-state index in [-0.39, 0.29) is 11.7 Å². The van der Waals surface area contributed by atoms with Gasteiger partial charge in [-0.15, -0.1) is 21.8 Å². The number of rotatable bonds is 2. The summed E-state index contributed by atoms with van der Waals surface area (Å²) in [5.74, 6) is 1.09. The molecular weight excluding hydrogens is 276 g/mol. The van der Waals surface area contributed by atoms with Crippen LogP contribution in [0.4, 0.5) is 5.95 Å². The van der Waals surface area contributed by atoms with Crippen LogP contribution in [0.15, 0.2) is 24.3 Å². The molecule has 3 rings (SSSR count). The summed E-state index contributed by atoms with van der Waals surface area (Å²) in [6, 6.07) is 7.73. The molecule has 0 radical (unpaired) electrons. The summed E-state index contributed by atoms with van der Waals surface area (Å²) < 4.78 is 5.91. The Morgan fingerprint density at radius 3 is 2.80 bits per heavy atom. The van der Waals surface area contributed by atoms with Crippen molar-refractivity contribution in [3.8, 4) is 0 Å². The maximum atomic E-state index is 5.95. The molecular formula is C14H17ClN4O. The largest absolute Gasteiger partial charge is 0.367 e. The normalized spacial score (nSPS) is 22.1. The number of alkyl halides is 1. The van der Waals surface area contributed by atoms with Gasteiger partial charge in [0.25, 0.3) is 0 Å². The van der Waals surface area contributed by atoms with Crippen LogP contribution in [0.5, 0.6) is 0 Å². The number of fused-ring (bicyclic) bond motifs is 1. The van der Waals surface area contributed by atoms with E-state index in [4.69, 9.17) is 16.3 Å². The summed E-state index contributed by atoms with van der Waals surface area (Å²) in [6.07, 6.45) is -0.0181. The van der Waals surface area contributed by atoms with Gasteiger partial charge in [0.1, 0.15) is 5.52 Å². The van der Waals surface area contributed by atoms with Gasteiger partial charge in [0.05, 0.1) is 23.1 Å². The van der Waals surface area contributed by atoms with E-state index in [9.17, 15) is 0 Å². The number of nitrogens with zero attached hydrogens (tertiary/aromatic N) is 4. The fraction of sp³-hybridized carbons (Fsp3) is 0.500. The Bertz CT molecular complexity index is 619. The fourth-order valence-corrected chi connectivity index (χ4v) is 2.69. The van der Waals surface area contributed by atoms with E-state index < -0.39 is 0 Å². The summed E-state index contributed by atoms with van der Waals surface area (Å²) in [7, 11) is 0. The molecule has 6 heteroatoms. The minimum Gasteiger partial charge on any atom is -0.367 e. The number of hydrogen-bond donors (Lipinski definition) is 0. The number of para-hydroxylation sites is 1. The SMILES string of the molecule is CC1(C)CN(c2nnc3ccccc3n2)CC(CCl)O1. The Labute approximate surface area is 122 Å². The van der Waals surface area contributed by atoms with E-state index >= 15 is 0 Å². The van der Waals surface area contributed by atoms with Crippen molar-refractivity contribution in [3.05, 3.63) is 24.3 Å². The third kappa shape index (κ3) is 2.69. The van der Waals surface area contributed by atoms with Gasteiger partial charge in [-0.05, 0) is 26.0 Å². The van der Waals surface area contributed by atoms with Crippen molar-refractivity contribution in [3.63, 3.8) is 0 Å². The first-order chi connectivity index (χ1) is 9.57. The number of benzene rings is 1. The monoisotopic (exact) mass is 292 g/mol. The van der Waals surface area contributed by atoms with E-state index in [0.29, 0.717) is 18.4 Å². The van der Waals surface area contributed by atoms with Crippen molar-refractivity contribution in [1.29, 1.82) is 0 Å². The number of halogens is 1. The molecule has 1 saturated heterocycles. The molecule has 20 heavy (non-hydrogen) atoms. The molecule has 0 spiro atoms. The summed E-state index contributed by atoms with van der Waals surface area (Å²) >= 11 is 5.95. The first-order valence-corrected chi connectivity index (χ1v) is 7.19. The topological polar surface area (TPSA) is 51.1 Å². The van der Waals surface area contributed by atoms with Gasteiger partial charge in [-0.25, -0.2) is 4.98 Å². The molecule has 1 fully saturated rings. The molecule has 106 valence electrons. The van der Waals surface area contributed by atoms with Crippen LogP contribution in [0.2, 0.25) is 0 Å². The Hall–Kier alpha value is -1.46. The van der Waals surface area contributed by atoms with Crippen LogP contribution in [0, 0.1) is 0 Å². The average molecular weight is 293 g/mol. The molecule has 1 aliphatic heterocycles. The zero-order valence-electron chi connectivity index (χ0n) is 11.6. The number of aromatic nitrogens is 3. The molecule has 1 atom stereocenters. The molecule has 5 nitrogen and oxygen atoms in total. The summed E-state index contributed by atoms with van der Waals surface area (Å²) in [4.78, 5) is 6.68. The van der Waals surface area contributed by atoms with E-state index in [1.165, 1.54) is 0 Å². The number of hydrogen-bond acceptors (Lipinski definition) is 5. The average Bonchev–Trinajstić information content (AvgIpc) is 2.45. The predicted molar refractivity (Wildman–Crippen MR) is 79.2 cm³/mol. The van der Waals surface area contributed by atoms with Gasteiger partial charge in [0, 0.05) is 13.1 Å². The lowest BCUT2D eigenvalue weighted by atomic mass is 10.1. The van der Waals surface area contributed by atoms with Crippen molar-refractivity contribution in [2.24, 2.45) is 0 Å². The molecule has 2 heterocycles. The van der Waals surface area contributed by atoms with Crippen molar-refractivity contribution in [2.75, 3.05) is 23.9 Å². The lowest BCUT2D eigenvalue weighted by molar-refractivity contribution is -0.0738. The minimum atomic E-state index is -0.271. The van der Waals surface area contributed by atoms with E-state index in [1.54, 1.807) is 0 Å². The van der Waals surface area contributed by atoms with E-state index in [1.807, 2.05) is 38.1 Å². The van der Waals surface area contributed by atoms with Gasteiger partial charge in [-0.2, -0.15) is 0 Å². The van der Waals surface area contributed by atoms with Crippen LogP contribution in [0.3, 0.4) is 0 Å². The van der Waals surface area contributed by atoms with Gasteiger partial charge in [-0.3, -0.25) is 0 Å². The Balaban J connectivity index is 1.93. The minimum absolute atomic E-state index is 0.0181. The van der Waals surface area contributed by atoms with Crippen molar-refractivity contribution >= 4 is 28.6 Å². The molecule has 1 unspecified atom stereocenters. The highest BCUT2D eigenvalue weighted by atomic mass is 35.5. The number of anilines is 1. The van der Waals surface area contributed by atoms with E-state index in [2.05, 4.69) is 20.1 Å². The summed E-state index contributed by atoms with van der Waals surface area (Å²) in [5, 5.41) is 8.46. The highest BCUT2D eigenvalue weighted by molar-refractivity contribution is 6.18. The molecule has 0 N–H and O–H groups in total. The molecule has 2 aromatic rings. The smallest absolute Gasteiger partial charge is 0.246 e. The van der Waals surface area contributed by atoms with Gasteiger partial charge in [-0.1, -0.05) is 12.1 Å². The predicted octanol–water partition coefficient (Wildman–Crippen LogP) is 2.25. The van der Waals surface area contributed by atoms with Gasteiger partial charge < -0.3 is 9.64 Å². The van der Waals surface area contributed by atoms with Crippen molar-refractivity contribution in [1.82, 2.24) is 15.2 Å². The van der Waals surface area contributed by atoms with Crippen molar-refractivity contribution in [2.45, 2.75) is 25.6 Å². The Morgan fingerprint density at radius 1 is 1.30 bits per heavy atom. The molecule has 1 aromatic carbocycles. The second-order valence-corrected chi connectivity index (χ2v) is 5.94. The zero-order chi connectivity index (χ0) is 14.2. The first kappa shape index (κ1) is 13.5. The molecule has 1 aromatic heterocycles. The lowest BCUT2D eigenvalue weighted by Gasteiger charge is -2.42. The molecule has 1 aliphatic rings. The number of ether oxygens (including phenoxy) is 1. The zero-order valence-corrected chi connectivity index (χ0v) is 12.3. The quantitative estimate of drug-likeness (QED) is 0.795. The maximum Gasteiger partial charge on any atom is 0.246 e. The second kappa shape index (κ2) is 5.14. The van der Waals surface area contributed by atoms with Crippen molar-refractivity contribution < 1.29 is 4.74 Å². The van der Waals surface area contributed by atoms with Gasteiger partial charge in [0.2, 0.25) is 5.95 Å². The standard InChI is InChI=1S/C14H17ClN4O/c1-14(2)9-19(8-10(7-15)20-14)13-16-11-5-3-4-6-12(11)17-18-13/h3-6,10H,7-9H2,1-2H3. The maximum absolute atomic E-state index is 5.95. The third-order valence-electron chi connectivity index (χ3n) is 3.29. The molecule has 0 aliphatic carbocycles. The first-order valence-electron chi connectivity index (χ1n) is 6.65. The van der Waals surface area contributed by atoms with Crippen LogP contribution in [0.25, 0.3) is 11.0 Å². The fourth-order valence-electron chi connectivity index (χ4n) is 2.53. The van der Waals surface area contributed by atoms with Gasteiger partial charge >= 0.3 is 0 Å². The van der Waals surface area contributed by atoms with Gasteiger partial charge in [0.15, 0.2) is 0 Å². The molecule has 0 amide bonds. The van der Waals surface area contributed by atoms with Crippen LogP contribution in [-0.4, -0.2) is 45.9 Å². The van der Waals surface area contributed by atoms with Crippen LogP contribution >= 0.6 is 11.6 Å². The third-order valence-corrected chi connectivity index (χ3v) is 3.63.